The maximum absolute atomic E-state index is 10.9. The Labute approximate surface area is 94.7 Å². The second kappa shape index (κ2) is 3.67. The molecule has 0 spiro atoms. The van der Waals surface area contributed by atoms with Crippen molar-refractivity contribution in [1.29, 1.82) is 0 Å². The molecule has 0 aliphatic carbocycles. The van der Waals surface area contributed by atoms with Gasteiger partial charge in [-0.05, 0) is 32.1 Å². The molecule has 1 aliphatic rings. The summed E-state index contributed by atoms with van der Waals surface area (Å²) >= 11 is 0. The van der Waals surface area contributed by atoms with Gasteiger partial charge in [0.25, 0.3) is 0 Å². The van der Waals surface area contributed by atoms with Crippen LogP contribution in [0.3, 0.4) is 0 Å². The summed E-state index contributed by atoms with van der Waals surface area (Å²) in [5.41, 5.74) is 1.03. The van der Waals surface area contributed by atoms with Crippen molar-refractivity contribution < 1.29 is 14.3 Å². The Hall–Kier alpha value is -1.77. The van der Waals surface area contributed by atoms with E-state index >= 15 is 0 Å². The average Bonchev–Trinajstić information content (AvgIpc) is 2.26. The van der Waals surface area contributed by atoms with E-state index in [1.807, 2.05) is 26.0 Å². The topological polar surface area (TPSA) is 35.5 Å². The van der Waals surface area contributed by atoms with Crippen LogP contribution >= 0.6 is 0 Å². The summed E-state index contributed by atoms with van der Waals surface area (Å²) in [5.74, 6) is 1.29. The van der Waals surface area contributed by atoms with Crippen LogP contribution in [0.1, 0.15) is 29.8 Å². The first-order valence-electron chi connectivity index (χ1n) is 5.12. The molecule has 1 aromatic carbocycles. The molecular weight excluding hydrogens is 204 g/mol. The number of hydrogen-bond acceptors (Lipinski definition) is 3. The molecule has 0 radical (unpaired) electrons. The van der Waals surface area contributed by atoms with Crippen molar-refractivity contribution in [3.63, 3.8) is 0 Å². The molecule has 1 heterocycles. The summed E-state index contributed by atoms with van der Waals surface area (Å²) in [6.07, 6.45) is 4.66. The molecule has 16 heavy (non-hydrogen) atoms. The summed E-state index contributed by atoms with van der Waals surface area (Å²) < 4.78 is 11.0. The number of fused-ring (bicyclic) bond motifs is 1. The first-order valence-corrected chi connectivity index (χ1v) is 5.12. The standard InChI is InChI=1S/C13H14O3/c1-13(2)7-6-10-9(8-14)4-5-11(15-3)12(10)16-13/h4-8H,1-3H3. The minimum absolute atomic E-state index is 0.373. The fraction of sp³-hybridized carbons (Fsp3) is 0.308. The molecule has 0 unspecified atom stereocenters. The predicted octanol–water partition coefficient (Wildman–Crippen LogP) is 2.69. The lowest BCUT2D eigenvalue weighted by molar-refractivity contribution is 0.112. The molecule has 0 saturated heterocycles. The largest absolute Gasteiger partial charge is 0.493 e. The zero-order valence-electron chi connectivity index (χ0n) is 9.61. The van der Waals surface area contributed by atoms with Gasteiger partial charge in [0, 0.05) is 11.1 Å². The highest BCUT2D eigenvalue weighted by Gasteiger charge is 2.25. The Balaban J connectivity index is 2.62. The van der Waals surface area contributed by atoms with Crippen LogP contribution in [0.15, 0.2) is 18.2 Å². The van der Waals surface area contributed by atoms with Crippen molar-refractivity contribution in [1.82, 2.24) is 0 Å². The second-order valence-electron chi connectivity index (χ2n) is 4.26. The third-order valence-corrected chi connectivity index (χ3v) is 2.56. The highest BCUT2D eigenvalue weighted by molar-refractivity contribution is 5.86. The molecule has 3 nitrogen and oxygen atoms in total. The second-order valence-corrected chi connectivity index (χ2v) is 4.26. The van der Waals surface area contributed by atoms with Crippen LogP contribution in [-0.4, -0.2) is 19.0 Å². The van der Waals surface area contributed by atoms with Crippen LogP contribution in [-0.2, 0) is 0 Å². The molecule has 0 atom stereocenters. The van der Waals surface area contributed by atoms with Gasteiger partial charge in [-0.2, -0.15) is 0 Å². The summed E-state index contributed by atoms with van der Waals surface area (Å²) in [6, 6.07) is 3.48. The Morgan fingerprint density at radius 1 is 1.38 bits per heavy atom. The molecule has 0 amide bonds. The molecule has 0 fully saturated rings. The SMILES string of the molecule is COc1ccc(C=O)c2c1OC(C)(C)C=C2. The molecule has 0 bridgehead atoms. The van der Waals surface area contributed by atoms with E-state index in [1.54, 1.807) is 19.2 Å². The molecule has 0 aromatic heterocycles. The van der Waals surface area contributed by atoms with Gasteiger partial charge in [0.05, 0.1) is 7.11 Å². The number of carbonyl (C=O) groups excluding carboxylic acids is 1. The number of hydrogen-bond donors (Lipinski definition) is 0. The number of methoxy groups -OCH3 is 1. The number of ether oxygens (including phenoxy) is 2. The van der Waals surface area contributed by atoms with E-state index in [1.165, 1.54) is 0 Å². The average molecular weight is 218 g/mol. The Morgan fingerprint density at radius 2 is 2.12 bits per heavy atom. The highest BCUT2D eigenvalue weighted by Crippen LogP contribution is 2.39. The van der Waals surface area contributed by atoms with Gasteiger partial charge in [0.15, 0.2) is 17.8 Å². The molecular formula is C13H14O3. The Kier molecular flexibility index (Phi) is 2.46. The van der Waals surface area contributed by atoms with Crippen LogP contribution in [0.5, 0.6) is 11.5 Å². The molecule has 2 rings (SSSR count). The summed E-state index contributed by atoms with van der Waals surface area (Å²) in [5, 5.41) is 0. The minimum atomic E-state index is -0.373. The van der Waals surface area contributed by atoms with Crippen LogP contribution in [0, 0.1) is 0 Å². The monoisotopic (exact) mass is 218 g/mol. The maximum atomic E-state index is 10.9. The lowest BCUT2D eigenvalue weighted by Gasteiger charge is -2.29. The third-order valence-electron chi connectivity index (χ3n) is 2.56. The van der Waals surface area contributed by atoms with Crippen LogP contribution in [0.4, 0.5) is 0 Å². The van der Waals surface area contributed by atoms with Gasteiger partial charge in [-0.1, -0.05) is 6.08 Å². The smallest absolute Gasteiger partial charge is 0.170 e. The number of rotatable bonds is 2. The summed E-state index contributed by atoms with van der Waals surface area (Å²) in [4.78, 5) is 10.9. The minimum Gasteiger partial charge on any atom is -0.493 e. The number of carbonyl (C=O) groups is 1. The zero-order valence-corrected chi connectivity index (χ0v) is 9.61. The Bertz CT molecular complexity index is 458. The third kappa shape index (κ3) is 1.69. The van der Waals surface area contributed by atoms with Gasteiger partial charge >= 0.3 is 0 Å². The van der Waals surface area contributed by atoms with Gasteiger partial charge in [-0.15, -0.1) is 0 Å². The van der Waals surface area contributed by atoms with E-state index in [-0.39, 0.29) is 5.60 Å². The molecule has 0 N–H and O–H groups in total. The van der Waals surface area contributed by atoms with Crippen molar-refractivity contribution in [3.8, 4) is 11.5 Å². The van der Waals surface area contributed by atoms with Crippen LogP contribution < -0.4 is 9.47 Å². The molecule has 3 heteroatoms. The van der Waals surface area contributed by atoms with E-state index in [2.05, 4.69) is 0 Å². The molecule has 1 aromatic rings. The Morgan fingerprint density at radius 3 is 2.75 bits per heavy atom. The van der Waals surface area contributed by atoms with Gasteiger partial charge in [-0.25, -0.2) is 0 Å². The quantitative estimate of drug-likeness (QED) is 0.716. The number of benzene rings is 1. The van der Waals surface area contributed by atoms with Crippen molar-refractivity contribution in [2.45, 2.75) is 19.4 Å². The van der Waals surface area contributed by atoms with Crippen LogP contribution in [0.2, 0.25) is 0 Å². The highest BCUT2D eigenvalue weighted by atomic mass is 16.5. The number of aldehydes is 1. The van der Waals surface area contributed by atoms with E-state index in [9.17, 15) is 4.79 Å². The predicted molar refractivity (Wildman–Crippen MR) is 62.1 cm³/mol. The fourth-order valence-electron chi connectivity index (χ4n) is 1.72. The van der Waals surface area contributed by atoms with Gasteiger partial charge < -0.3 is 9.47 Å². The van der Waals surface area contributed by atoms with E-state index in [4.69, 9.17) is 9.47 Å². The van der Waals surface area contributed by atoms with Gasteiger partial charge in [0.1, 0.15) is 5.60 Å². The first kappa shape index (κ1) is 10.7. The molecule has 1 aliphatic heterocycles. The van der Waals surface area contributed by atoms with E-state index in [0.29, 0.717) is 17.1 Å². The van der Waals surface area contributed by atoms with Crippen molar-refractivity contribution in [3.05, 3.63) is 29.3 Å². The molecule has 0 saturated carbocycles. The molecule has 84 valence electrons. The fourth-order valence-corrected chi connectivity index (χ4v) is 1.72. The maximum Gasteiger partial charge on any atom is 0.170 e. The van der Waals surface area contributed by atoms with Crippen molar-refractivity contribution in [2.24, 2.45) is 0 Å². The lowest BCUT2D eigenvalue weighted by Crippen LogP contribution is -2.28. The van der Waals surface area contributed by atoms with Crippen molar-refractivity contribution in [2.75, 3.05) is 7.11 Å². The summed E-state index contributed by atoms with van der Waals surface area (Å²) in [6.45, 7) is 3.92. The van der Waals surface area contributed by atoms with Crippen molar-refractivity contribution >= 4 is 12.4 Å². The van der Waals surface area contributed by atoms with E-state index < -0.39 is 0 Å². The zero-order chi connectivity index (χ0) is 11.8. The van der Waals surface area contributed by atoms with E-state index in [0.717, 1.165) is 11.8 Å². The summed E-state index contributed by atoms with van der Waals surface area (Å²) in [7, 11) is 1.59. The lowest BCUT2D eigenvalue weighted by atomic mass is 9.98. The van der Waals surface area contributed by atoms with Gasteiger partial charge in [-0.3, -0.25) is 4.79 Å². The normalized spacial score (nSPS) is 16.2. The van der Waals surface area contributed by atoms with Crippen LogP contribution in [0.25, 0.3) is 6.08 Å². The first-order chi connectivity index (χ1) is 7.57. The van der Waals surface area contributed by atoms with Gasteiger partial charge in [0.2, 0.25) is 0 Å².